The Kier molecular flexibility index (Phi) is 4.24. The van der Waals surface area contributed by atoms with Crippen LogP contribution in [0, 0.1) is 17.2 Å². The molecule has 1 aliphatic carbocycles. The second-order valence-electron chi connectivity index (χ2n) is 4.00. The van der Waals surface area contributed by atoms with Gasteiger partial charge in [0.25, 0.3) is 0 Å². The number of alkyl halides is 2. The number of nitriles is 1. The van der Waals surface area contributed by atoms with E-state index in [4.69, 9.17) is 9.81 Å². The number of rotatable bonds is 3. The van der Waals surface area contributed by atoms with Crippen LogP contribution >= 0.6 is 0 Å². The Morgan fingerprint density at radius 2 is 1.83 bits per heavy atom. The van der Waals surface area contributed by atoms with E-state index in [9.17, 15) is 22.0 Å². The number of ether oxygens (including phenoxy) is 1. The fourth-order valence-corrected chi connectivity index (χ4v) is 1.89. The molecule has 1 aliphatic rings. The van der Waals surface area contributed by atoms with Gasteiger partial charge in [-0.1, -0.05) is 0 Å². The van der Waals surface area contributed by atoms with Crippen molar-refractivity contribution in [2.24, 2.45) is 5.92 Å². The van der Waals surface area contributed by atoms with Crippen molar-refractivity contribution in [3.8, 4) is 6.07 Å². The first-order valence-electron chi connectivity index (χ1n) is 5.14. The molecule has 0 aromatic carbocycles. The molecule has 0 radical (unpaired) electrons. The van der Waals surface area contributed by atoms with E-state index < -0.39 is 27.4 Å². The number of hydrogen-bond donors (Lipinski definition) is 1. The largest absolute Gasteiger partial charge is 0.465 e. The molecule has 0 unspecified atom stereocenters. The number of carbonyl (C=O) groups is 1. The molecular weight excluding hydrogens is 272 g/mol. The molecule has 0 spiro atoms. The quantitative estimate of drug-likeness (QED) is 0.614. The van der Waals surface area contributed by atoms with E-state index in [0.29, 0.717) is 12.8 Å². The van der Waals surface area contributed by atoms with Gasteiger partial charge in [-0.15, -0.1) is 0 Å². The third-order valence-corrected chi connectivity index (χ3v) is 3.51. The molecule has 0 saturated heterocycles. The lowest BCUT2D eigenvalue weighted by atomic mass is 9.88. The van der Waals surface area contributed by atoms with E-state index in [-0.39, 0.29) is 18.8 Å². The van der Waals surface area contributed by atoms with E-state index >= 15 is 0 Å². The Hall–Kier alpha value is -1.27. The minimum atomic E-state index is -5.83. The van der Waals surface area contributed by atoms with Crippen LogP contribution in [0.15, 0.2) is 0 Å². The van der Waals surface area contributed by atoms with Gasteiger partial charge in [-0.2, -0.15) is 22.5 Å². The molecule has 18 heavy (non-hydrogen) atoms. The van der Waals surface area contributed by atoms with Gasteiger partial charge in [0.05, 0.1) is 6.07 Å². The van der Waals surface area contributed by atoms with Gasteiger partial charge in [-0.3, -0.25) is 4.55 Å². The number of halogens is 2. The van der Waals surface area contributed by atoms with Crippen LogP contribution in [0.1, 0.15) is 25.7 Å². The molecule has 0 amide bonds. The summed E-state index contributed by atoms with van der Waals surface area (Å²) in [5, 5.41) is 3.65. The van der Waals surface area contributed by atoms with Gasteiger partial charge >= 0.3 is 21.3 Å². The maximum atomic E-state index is 12.9. The topological polar surface area (TPSA) is 104 Å². The van der Waals surface area contributed by atoms with E-state index in [0.717, 1.165) is 0 Å². The van der Waals surface area contributed by atoms with Gasteiger partial charge in [-0.25, -0.2) is 4.79 Å². The van der Waals surface area contributed by atoms with Gasteiger partial charge in [0.15, 0.2) is 0 Å². The Bertz CT molecular complexity index is 462. The van der Waals surface area contributed by atoms with Crippen LogP contribution in [-0.4, -0.2) is 30.3 Å². The maximum Gasteiger partial charge on any atom is 0.465 e. The zero-order valence-corrected chi connectivity index (χ0v) is 9.99. The predicted molar refractivity (Wildman–Crippen MR) is 53.9 cm³/mol. The van der Waals surface area contributed by atoms with Crippen molar-refractivity contribution in [2.45, 2.75) is 37.0 Å². The average molecular weight is 283 g/mol. The lowest BCUT2D eigenvalue weighted by Crippen LogP contribution is -2.41. The molecular formula is C9H11F2NO5S. The van der Waals surface area contributed by atoms with Gasteiger partial charge < -0.3 is 4.74 Å². The number of carbonyl (C=O) groups excluding carboxylic acids is 1. The van der Waals surface area contributed by atoms with E-state index in [2.05, 4.69) is 4.74 Å². The van der Waals surface area contributed by atoms with Crippen molar-refractivity contribution in [1.82, 2.24) is 0 Å². The summed E-state index contributed by atoms with van der Waals surface area (Å²) in [5.74, 6) is -2.49. The number of esters is 1. The Morgan fingerprint density at radius 1 is 1.33 bits per heavy atom. The lowest BCUT2D eigenvalue weighted by molar-refractivity contribution is -0.168. The standard InChI is InChI=1S/C9H11F2NO5S/c10-9(11,18(14,15)16)8(13)17-7-3-1-6(5-12)2-4-7/h6-7H,1-4H2,(H,14,15,16). The first-order valence-corrected chi connectivity index (χ1v) is 6.58. The molecule has 0 aromatic rings. The fourth-order valence-electron chi connectivity index (χ4n) is 1.64. The molecule has 102 valence electrons. The average Bonchev–Trinajstić information content (AvgIpc) is 2.28. The Labute approximate surface area is 102 Å². The second-order valence-corrected chi connectivity index (χ2v) is 5.46. The summed E-state index contributed by atoms with van der Waals surface area (Å²) in [4.78, 5) is 11.0. The number of nitrogens with zero attached hydrogens (tertiary/aromatic N) is 1. The first-order chi connectivity index (χ1) is 8.18. The number of hydrogen-bond acceptors (Lipinski definition) is 5. The highest BCUT2D eigenvalue weighted by atomic mass is 32.2. The van der Waals surface area contributed by atoms with Gasteiger partial charge in [0.2, 0.25) is 0 Å². The molecule has 1 fully saturated rings. The summed E-state index contributed by atoms with van der Waals surface area (Å²) < 4.78 is 58.8. The van der Waals surface area contributed by atoms with Crippen LogP contribution in [-0.2, 0) is 19.6 Å². The molecule has 0 atom stereocenters. The van der Waals surface area contributed by atoms with Crippen molar-refractivity contribution in [2.75, 3.05) is 0 Å². The normalized spacial score (nSPS) is 25.2. The molecule has 9 heteroatoms. The minimum Gasteiger partial charge on any atom is -0.457 e. The van der Waals surface area contributed by atoms with Gasteiger partial charge in [-0.05, 0) is 25.7 Å². The summed E-state index contributed by atoms with van der Waals surface area (Å²) in [6.07, 6.45) is 0.365. The fraction of sp³-hybridized carbons (Fsp3) is 0.778. The first kappa shape index (κ1) is 14.8. The molecule has 1 saturated carbocycles. The van der Waals surface area contributed by atoms with E-state index in [1.807, 2.05) is 6.07 Å². The van der Waals surface area contributed by atoms with E-state index in [1.54, 1.807) is 0 Å². The molecule has 0 heterocycles. The van der Waals surface area contributed by atoms with Crippen LogP contribution in [0.4, 0.5) is 8.78 Å². The molecule has 1 rings (SSSR count). The third kappa shape index (κ3) is 3.14. The molecule has 6 nitrogen and oxygen atoms in total. The van der Waals surface area contributed by atoms with Gasteiger partial charge in [0, 0.05) is 5.92 Å². The van der Waals surface area contributed by atoms with Crippen LogP contribution < -0.4 is 0 Å². The monoisotopic (exact) mass is 283 g/mol. The smallest absolute Gasteiger partial charge is 0.457 e. The highest BCUT2D eigenvalue weighted by Gasteiger charge is 2.54. The maximum absolute atomic E-state index is 12.9. The van der Waals surface area contributed by atoms with Crippen molar-refractivity contribution in [1.29, 1.82) is 5.26 Å². The SMILES string of the molecule is N#CC1CCC(OC(=O)C(F)(F)S(=O)(=O)O)CC1. The van der Waals surface area contributed by atoms with Crippen LogP contribution in [0.25, 0.3) is 0 Å². The zero-order valence-electron chi connectivity index (χ0n) is 9.17. The summed E-state index contributed by atoms with van der Waals surface area (Å²) in [6.45, 7) is 0. The van der Waals surface area contributed by atoms with Crippen molar-refractivity contribution < 1.29 is 31.3 Å². The lowest BCUT2D eigenvalue weighted by Gasteiger charge is -2.25. The second kappa shape index (κ2) is 5.16. The zero-order chi connectivity index (χ0) is 14.0. The molecule has 0 aromatic heterocycles. The van der Waals surface area contributed by atoms with Crippen molar-refractivity contribution in [3.05, 3.63) is 0 Å². The third-order valence-electron chi connectivity index (χ3n) is 2.69. The Morgan fingerprint density at radius 3 is 2.22 bits per heavy atom. The predicted octanol–water partition coefficient (Wildman–Crippen LogP) is 1.09. The van der Waals surface area contributed by atoms with Crippen molar-refractivity contribution in [3.63, 3.8) is 0 Å². The summed E-state index contributed by atoms with van der Waals surface area (Å²) in [5.41, 5.74) is 0. The molecule has 1 N–H and O–H groups in total. The summed E-state index contributed by atoms with van der Waals surface area (Å²) in [6, 6.07) is 2.01. The highest BCUT2D eigenvalue weighted by molar-refractivity contribution is 7.87. The Balaban J connectivity index is 2.60. The molecule has 0 bridgehead atoms. The molecule has 0 aliphatic heterocycles. The minimum absolute atomic E-state index is 0.206. The highest BCUT2D eigenvalue weighted by Crippen LogP contribution is 2.29. The summed E-state index contributed by atoms with van der Waals surface area (Å²) in [7, 11) is -5.83. The van der Waals surface area contributed by atoms with Crippen LogP contribution in [0.2, 0.25) is 0 Å². The van der Waals surface area contributed by atoms with Gasteiger partial charge in [0.1, 0.15) is 6.10 Å². The van der Waals surface area contributed by atoms with Crippen LogP contribution in [0.5, 0.6) is 0 Å². The van der Waals surface area contributed by atoms with Crippen molar-refractivity contribution >= 4 is 16.1 Å². The summed E-state index contributed by atoms with van der Waals surface area (Å²) >= 11 is 0. The van der Waals surface area contributed by atoms with Crippen LogP contribution in [0.3, 0.4) is 0 Å². The van der Waals surface area contributed by atoms with E-state index in [1.165, 1.54) is 0 Å².